The first-order valence-corrected chi connectivity index (χ1v) is 8.47. The topological polar surface area (TPSA) is 98.0 Å². The van der Waals surface area contributed by atoms with Crippen molar-refractivity contribution < 1.29 is 9.21 Å². The van der Waals surface area contributed by atoms with Crippen molar-refractivity contribution >= 4 is 28.6 Å². The highest BCUT2D eigenvalue weighted by Gasteiger charge is 2.06. The van der Waals surface area contributed by atoms with Gasteiger partial charge in [-0.3, -0.25) is 24.2 Å². The number of carbonyl (C=O) groups excluding carboxylic acids is 1. The summed E-state index contributed by atoms with van der Waals surface area (Å²) in [5.41, 5.74) is -1.41. The van der Waals surface area contributed by atoms with Gasteiger partial charge in [-0.1, -0.05) is 37.4 Å². The molecule has 0 aliphatic rings. The molecule has 0 atom stereocenters. The van der Waals surface area contributed by atoms with Gasteiger partial charge < -0.3 is 4.42 Å². The van der Waals surface area contributed by atoms with E-state index in [1.54, 1.807) is 19.2 Å². The van der Waals surface area contributed by atoms with Crippen molar-refractivity contribution in [3.63, 3.8) is 0 Å². The van der Waals surface area contributed by atoms with Crippen LogP contribution >= 0.6 is 23.5 Å². The molecule has 0 saturated heterocycles. The van der Waals surface area contributed by atoms with E-state index in [0.29, 0.717) is 10.9 Å². The maximum absolute atomic E-state index is 11.0. The van der Waals surface area contributed by atoms with Crippen LogP contribution in [0.15, 0.2) is 37.6 Å². The lowest BCUT2D eigenvalue weighted by molar-refractivity contribution is 0.106. The van der Waals surface area contributed by atoms with Crippen LogP contribution < -0.4 is 11.1 Å². The number of nitrogens with one attached hydrogen (secondary N) is 1. The van der Waals surface area contributed by atoms with Gasteiger partial charge in [0, 0.05) is 7.05 Å². The number of aryl methyl sites for hydroxylation is 1. The SMILES string of the molecule is CCSC(=O)c1ccco1.CCSc1nc(=O)c(=O)[nH]n1C. The van der Waals surface area contributed by atoms with Crippen molar-refractivity contribution in [1.29, 1.82) is 0 Å². The lowest BCUT2D eigenvalue weighted by atomic mass is 10.5. The fourth-order valence-corrected chi connectivity index (χ4v) is 2.48. The molecule has 2 aromatic rings. The van der Waals surface area contributed by atoms with Crippen molar-refractivity contribution in [1.82, 2.24) is 14.8 Å². The van der Waals surface area contributed by atoms with Gasteiger partial charge in [0.15, 0.2) is 10.9 Å². The van der Waals surface area contributed by atoms with Crippen LogP contribution in [0.3, 0.4) is 0 Å². The van der Waals surface area contributed by atoms with Gasteiger partial charge in [0.25, 0.3) is 5.12 Å². The third-order valence-electron chi connectivity index (χ3n) is 2.22. The summed E-state index contributed by atoms with van der Waals surface area (Å²) >= 11 is 2.66. The Bertz CT molecular complexity index is 707. The molecule has 0 aliphatic carbocycles. The summed E-state index contributed by atoms with van der Waals surface area (Å²) in [6.45, 7) is 3.88. The molecule has 120 valence electrons. The second-order valence-electron chi connectivity index (χ2n) is 3.83. The Balaban J connectivity index is 0.000000224. The number of H-pyrrole nitrogens is 1. The minimum absolute atomic E-state index is 0.00694. The number of thioether (sulfide) groups is 2. The Hall–Kier alpha value is -1.74. The first-order valence-electron chi connectivity index (χ1n) is 6.50. The summed E-state index contributed by atoms with van der Waals surface area (Å²) in [5.74, 6) is 2.04. The smallest absolute Gasteiger partial charge is 0.339 e. The predicted octanol–water partition coefficient (Wildman–Crippen LogP) is 1.75. The normalized spacial score (nSPS) is 9.95. The number of nitrogens with zero attached hydrogens (tertiary/aromatic N) is 2. The highest BCUT2D eigenvalue weighted by molar-refractivity contribution is 8.14. The Morgan fingerprint density at radius 2 is 2.09 bits per heavy atom. The predicted molar refractivity (Wildman–Crippen MR) is 87.7 cm³/mol. The summed E-state index contributed by atoms with van der Waals surface area (Å²) in [5, 5.41) is 2.89. The average molecular weight is 343 g/mol. The number of hydrogen-bond acceptors (Lipinski definition) is 7. The standard InChI is InChI=1S/C7H8O2S.C6H9N3O2S/c1-2-10-7(8)6-4-3-5-9-6;1-3-12-6-7-4(10)5(11)8-9(6)2/h3-5H,2H2,1H3;3H2,1-2H3,(H,8,11). The first kappa shape index (κ1) is 18.3. The number of hydrogen-bond donors (Lipinski definition) is 1. The Morgan fingerprint density at radius 3 is 2.64 bits per heavy atom. The third-order valence-corrected chi connectivity index (χ3v) is 3.88. The molecular weight excluding hydrogens is 326 g/mol. The maximum atomic E-state index is 11.0. The summed E-state index contributed by atoms with van der Waals surface area (Å²) < 4.78 is 6.32. The minimum Gasteiger partial charge on any atom is -0.460 e. The zero-order valence-electron chi connectivity index (χ0n) is 12.5. The van der Waals surface area contributed by atoms with E-state index >= 15 is 0 Å². The Kier molecular flexibility index (Phi) is 7.75. The van der Waals surface area contributed by atoms with Crippen LogP contribution in [0.2, 0.25) is 0 Å². The molecule has 0 unspecified atom stereocenters. The molecule has 0 bridgehead atoms. The molecular formula is C13H17N3O4S2. The fraction of sp³-hybridized carbons (Fsp3) is 0.385. The zero-order valence-corrected chi connectivity index (χ0v) is 14.1. The van der Waals surface area contributed by atoms with Crippen LogP contribution in [0.1, 0.15) is 24.4 Å². The number of aromatic nitrogens is 3. The monoisotopic (exact) mass is 343 g/mol. The Morgan fingerprint density at radius 1 is 1.36 bits per heavy atom. The largest absolute Gasteiger partial charge is 0.460 e. The molecule has 2 aromatic heterocycles. The van der Waals surface area contributed by atoms with Crippen LogP contribution in [-0.4, -0.2) is 31.4 Å². The van der Waals surface area contributed by atoms with Gasteiger partial charge in [-0.05, 0) is 23.6 Å². The molecule has 0 radical (unpaired) electrons. The van der Waals surface area contributed by atoms with Gasteiger partial charge in [-0.2, -0.15) is 4.98 Å². The van der Waals surface area contributed by atoms with Gasteiger partial charge in [0.2, 0.25) is 0 Å². The third kappa shape index (κ3) is 5.57. The average Bonchev–Trinajstić information content (AvgIpc) is 3.00. The molecule has 0 aromatic carbocycles. The molecule has 1 N–H and O–H groups in total. The first-order chi connectivity index (χ1) is 10.5. The van der Waals surface area contributed by atoms with E-state index in [9.17, 15) is 14.4 Å². The van der Waals surface area contributed by atoms with E-state index in [2.05, 4.69) is 10.1 Å². The molecule has 2 rings (SSSR count). The van der Waals surface area contributed by atoms with Crippen molar-refractivity contribution in [2.45, 2.75) is 19.0 Å². The molecule has 0 aliphatic heterocycles. The van der Waals surface area contributed by atoms with E-state index < -0.39 is 11.1 Å². The lowest BCUT2D eigenvalue weighted by Crippen LogP contribution is -2.33. The van der Waals surface area contributed by atoms with Gasteiger partial charge >= 0.3 is 11.1 Å². The van der Waals surface area contributed by atoms with Crippen LogP contribution in [0.4, 0.5) is 0 Å². The highest BCUT2D eigenvalue weighted by Crippen LogP contribution is 2.11. The summed E-state index contributed by atoms with van der Waals surface area (Å²) in [7, 11) is 1.64. The second kappa shape index (κ2) is 9.31. The molecule has 2 heterocycles. The number of aromatic amines is 1. The van der Waals surface area contributed by atoms with E-state index in [-0.39, 0.29) is 5.12 Å². The summed E-state index contributed by atoms with van der Waals surface area (Å²) in [6, 6.07) is 3.38. The number of furan rings is 1. The highest BCUT2D eigenvalue weighted by atomic mass is 32.2. The Labute approximate surface area is 135 Å². The molecule has 0 fully saturated rings. The van der Waals surface area contributed by atoms with Gasteiger partial charge in [0.05, 0.1) is 6.26 Å². The van der Waals surface area contributed by atoms with E-state index in [0.717, 1.165) is 11.5 Å². The van der Waals surface area contributed by atoms with Gasteiger partial charge in [-0.15, -0.1) is 0 Å². The summed E-state index contributed by atoms with van der Waals surface area (Å²) in [4.78, 5) is 36.1. The minimum atomic E-state index is -0.732. The van der Waals surface area contributed by atoms with Crippen LogP contribution in [-0.2, 0) is 7.05 Å². The quantitative estimate of drug-likeness (QED) is 0.667. The fourth-order valence-electron chi connectivity index (χ4n) is 1.32. The molecule has 9 heteroatoms. The number of rotatable bonds is 4. The van der Waals surface area contributed by atoms with Crippen molar-refractivity contribution in [2.75, 3.05) is 11.5 Å². The van der Waals surface area contributed by atoms with E-state index in [1.165, 1.54) is 34.5 Å². The molecule has 7 nitrogen and oxygen atoms in total. The van der Waals surface area contributed by atoms with E-state index in [1.807, 2.05) is 13.8 Å². The van der Waals surface area contributed by atoms with Crippen LogP contribution in [0.5, 0.6) is 0 Å². The van der Waals surface area contributed by atoms with Crippen molar-refractivity contribution in [3.8, 4) is 0 Å². The van der Waals surface area contributed by atoms with Gasteiger partial charge in [0.1, 0.15) is 0 Å². The summed E-state index contributed by atoms with van der Waals surface area (Å²) in [6.07, 6.45) is 1.50. The molecule has 0 saturated carbocycles. The van der Waals surface area contributed by atoms with Crippen LogP contribution in [0.25, 0.3) is 0 Å². The molecule has 0 amide bonds. The van der Waals surface area contributed by atoms with Crippen LogP contribution in [0, 0.1) is 0 Å². The zero-order chi connectivity index (χ0) is 16.5. The second-order valence-corrected chi connectivity index (χ2v) is 6.30. The molecule has 22 heavy (non-hydrogen) atoms. The van der Waals surface area contributed by atoms with E-state index in [4.69, 9.17) is 4.42 Å². The maximum Gasteiger partial charge on any atom is 0.339 e. The number of carbonyl (C=O) groups is 1. The van der Waals surface area contributed by atoms with Crippen molar-refractivity contribution in [2.24, 2.45) is 7.05 Å². The van der Waals surface area contributed by atoms with Crippen molar-refractivity contribution in [3.05, 3.63) is 44.9 Å². The molecule has 0 spiro atoms. The van der Waals surface area contributed by atoms with Gasteiger partial charge in [-0.25, -0.2) is 0 Å². The lowest BCUT2D eigenvalue weighted by Gasteiger charge is -2.02.